The van der Waals surface area contributed by atoms with Gasteiger partial charge in [-0.25, -0.2) is 9.82 Å². The van der Waals surface area contributed by atoms with E-state index in [0.29, 0.717) is 5.82 Å². The average Bonchev–Trinajstić information content (AvgIpc) is 3.16. The van der Waals surface area contributed by atoms with Crippen LogP contribution in [0.3, 0.4) is 0 Å². The van der Waals surface area contributed by atoms with Crippen LogP contribution >= 0.6 is 0 Å². The SMILES string of the molecule is Cc1cc(-n2c(C)cc(/C=N\NC(=O)COc3cccc(F)c3)c2C)no1. The number of hydrogen-bond acceptors (Lipinski definition) is 5. The molecule has 8 heteroatoms. The third-order valence-corrected chi connectivity index (χ3v) is 3.87. The predicted molar refractivity (Wildman–Crippen MR) is 97.7 cm³/mol. The number of nitrogens with zero attached hydrogens (tertiary/aromatic N) is 3. The van der Waals surface area contributed by atoms with Crippen LogP contribution in [0.2, 0.25) is 0 Å². The minimum absolute atomic E-state index is 0.266. The van der Waals surface area contributed by atoms with Crippen LogP contribution in [0.1, 0.15) is 22.7 Å². The van der Waals surface area contributed by atoms with Gasteiger partial charge in [0, 0.05) is 29.1 Å². The molecule has 7 nitrogen and oxygen atoms in total. The van der Waals surface area contributed by atoms with Crippen molar-refractivity contribution in [2.75, 3.05) is 6.61 Å². The maximum Gasteiger partial charge on any atom is 0.277 e. The molecule has 0 unspecified atom stereocenters. The molecule has 2 aromatic heterocycles. The second-order valence-electron chi connectivity index (χ2n) is 6.00. The van der Waals surface area contributed by atoms with Gasteiger partial charge in [-0.2, -0.15) is 5.10 Å². The molecule has 140 valence electrons. The van der Waals surface area contributed by atoms with Crippen molar-refractivity contribution in [3.63, 3.8) is 0 Å². The summed E-state index contributed by atoms with van der Waals surface area (Å²) < 4.78 is 25.3. The van der Waals surface area contributed by atoms with Crippen molar-refractivity contribution < 1.29 is 18.4 Å². The fourth-order valence-corrected chi connectivity index (χ4v) is 2.64. The van der Waals surface area contributed by atoms with E-state index in [1.807, 2.05) is 37.5 Å². The Morgan fingerprint density at radius 3 is 2.85 bits per heavy atom. The predicted octanol–water partition coefficient (Wildman–Crippen LogP) is 3.06. The van der Waals surface area contributed by atoms with Gasteiger partial charge in [-0.05, 0) is 39.0 Å². The van der Waals surface area contributed by atoms with Gasteiger partial charge in [-0.15, -0.1) is 0 Å². The van der Waals surface area contributed by atoms with Gasteiger partial charge in [-0.3, -0.25) is 9.36 Å². The lowest BCUT2D eigenvalue weighted by atomic mass is 10.3. The molecule has 1 N–H and O–H groups in total. The number of halogens is 1. The topological polar surface area (TPSA) is 81.7 Å². The molecule has 0 radical (unpaired) electrons. The van der Waals surface area contributed by atoms with E-state index in [1.165, 1.54) is 18.2 Å². The molecule has 0 saturated heterocycles. The van der Waals surface area contributed by atoms with Gasteiger partial charge in [0.15, 0.2) is 12.4 Å². The zero-order valence-electron chi connectivity index (χ0n) is 15.2. The summed E-state index contributed by atoms with van der Waals surface area (Å²) in [5, 5.41) is 7.97. The van der Waals surface area contributed by atoms with Crippen molar-refractivity contribution in [2.24, 2.45) is 5.10 Å². The standard InChI is InChI=1S/C19H19FN4O3/c1-12-7-15(14(3)24(12)18-8-13(2)27-23-18)10-21-22-19(25)11-26-17-6-4-5-16(20)9-17/h4-10H,11H2,1-3H3,(H,22,25)/b21-10-. The zero-order valence-corrected chi connectivity index (χ0v) is 15.2. The Morgan fingerprint density at radius 1 is 1.33 bits per heavy atom. The van der Waals surface area contributed by atoms with Crippen molar-refractivity contribution in [3.05, 3.63) is 64.9 Å². The Balaban J connectivity index is 1.60. The van der Waals surface area contributed by atoms with E-state index in [0.717, 1.165) is 22.7 Å². The number of aryl methyl sites for hydroxylation is 2. The molecule has 0 spiro atoms. The number of ether oxygens (including phenoxy) is 1. The van der Waals surface area contributed by atoms with Gasteiger partial charge >= 0.3 is 0 Å². The van der Waals surface area contributed by atoms with Gasteiger partial charge in [0.05, 0.1) is 6.21 Å². The van der Waals surface area contributed by atoms with Gasteiger partial charge in [0.1, 0.15) is 17.3 Å². The van der Waals surface area contributed by atoms with Crippen LogP contribution < -0.4 is 10.2 Å². The van der Waals surface area contributed by atoms with Crippen molar-refractivity contribution in [1.82, 2.24) is 15.1 Å². The molecule has 27 heavy (non-hydrogen) atoms. The first kappa shape index (κ1) is 18.4. The van der Waals surface area contributed by atoms with E-state index < -0.39 is 11.7 Å². The summed E-state index contributed by atoms with van der Waals surface area (Å²) in [5.41, 5.74) is 5.09. The number of aromatic nitrogens is 2. The van der Waals surface area contributed by atoms with Crippen LogP contribution in [0.4, 0.5) is 4.39 Å². The molecule has 3 aromatic rings. The van der Waals surface area contributed by atoms with E-state index in [1.54, 1.807) is 12.3 Å². The minimum Gasteiger partial charge on any atom is -0.484 e. The lowest BCUT2D eigenvalue weighted by Crippen LogP contribution is -2.24. The fraction of sp³-hybridized carbons (Fsp3) is 0.211. The lowest BCUT2D eigenvalue weighted by molar-refractivity contribution is -0.123. The highest BCUT2D eigenvalue weighted by Crippen LogP contribution is 2.19. The molecule has 0 fully saturated rings. The minimum atomic E-state index is -0.448. The number of carbonyl (C=O) groups is 1. The lowest BCUT2D eigenvalue weighted by Gasteiger charge is -2.05. The van der Waals surface area contributed by atoms with Crippen molar-refractivity contribution >= 4 is 12.1 Å². The molecular formula is C19H19FN4O3. The first-order valence-corrected chi connectivity index (χ1v) is 8.27. The Morgan fingerprint density at radius 2 is 2.15 bits per heavy atom. The van der Waals surface area contributed by atoms with Crippen molar-refractivity contribution in [2.45, 2.75) is 20.8 Å². The Bertz CT molecular complexity index is 991. The maximum atomic E-state index is 13.1. The van der Waals surface area contributed by atoms with Crippen LogP contribution in [0.15, 0.2) is 46.0 Å². The number of rotatable bonds is 6. The normalized spacial score (nSPS) is 11.1. The monoisotopic (exact) mass is 370 g/mol. The highest BCUT2D eigenvalue weighted by molar-refractivity contribution is 5.84. The number of benzene rings is 1. The van der Waals surface area contributed by atoms with E-state index in [2.05, 4.69) is 15.7 Å². The van der Waals surface area contributed by atoms with Gasteiger partial charge < -0.3 is 9.26 Å². The summed E-state index contributed by atoms with van der Waals surface area (Å²) in [4.78, 5) is 11.8. The number of carbonyl (C=O) groups excluding carboxylic acids is 1. The van der Waals surface area contributed by atoms with Crippen LogP contribution in [-0.2, 0) is 4.79 Å². The Labute approximate surface area is 155 Å². The van der Waals surface area contributed by atoms with Gasteiger partial charge in [-0.1, -0.05) is 11.2 Å². The average molecular weight is 370 g/mol. The van der Waals surface area contributed by atoms with Crippen LogP contribution in [0, 0.1) is 26.6 Å². The first-order chi connectivity index (χ1) is 12.9. The van der Waals surface area contributed by atoms with Gasteiger partial charge in [0.25, 0.3) is 5.91 Å². The number of nitrogens with one attached hydrogen (secondary N) is 1. The van der Waals surface area contributed by atoms with E-state index >= 15 is 0 Å². The van der Waals surface area contributed by atoms with Crippen LogP contribution in [-0.4, -0.2) is 28.5 Å². The molecule has 2 heterocycles. The second-order valence-corrected chi connectivity index (χ2v) is 6.00. The smallest absolute Gasteiger partial charge is 0.277 e. The molecule has 3 rings (SSSR count). The number of hydrogen-bond donors (Lipinski definition) is 1. The van der Waals surface area contributed by atoms with E-state index in [9.17, 15) is 9.18 Å². The largest absolute Gasteiger partial charge is 0.484 e. The second kappa shape index (κ2) is 7.86. The zero-order chi connectivity index (χ0) is 19.4. The van der Waals surface area contributed by atoms with Crippen molar-refractivity contribution in [1.29, 1.82) is 0 Å². The maximum absolute atomic E-state index is 13.1. The molecule has 1 aromatic carbocycles. The summed E-state index contributed by atoms with van der Waals surface area (Å²) in [6, 6.07) is 9.35. The quantitative estimate of drug-likeness (QED) is 0.534. The molecule has 0 atom stereocenters. The Kier molecular flexibility index (Phi) is 5.35. The molecule has 0 bridgehead atoms. The molecule has 0 aliphatic rings. The highest BCUT2D eigenvalue weighted by Gasteiger charge is 2.12. The third-order valence-electron chi connectivity index (χ3n) is 3.87. The van der Waals surface area contributed by atoms with Crippen molar-refractivity contribution in [3.8, 4) is 11.6 Å². The fourth-order valence-electron chi connectivity index (χ4n) is 2.64. The van der Waals surface area contributed by atoms with Gasteiger partial charge in [0.2, 0.25) is 0 Å². The molecule has 0 aliphatic heterocycles. The summed E-state index contributed by atoms with van der Waals surface area (Å²) in [6.07, 6.45) is 1.55. The number of hydrazone groups is 1. The first-order valence-electron chi connectivity index (χ1n) is 8.27. The van der Waals surface area contributed by atoms with E-state index in [-0.39, 0.29) is 12.4 Å². The third kappa shape index (κ3) is 4.41. The molecule has 0 aliphatic carbocycles. The summed E-state index contributed by atoms with van der Waals surface area (Å²) in [6.45, 7) is 5.43. The highest BCUT2D eigenvalue weighted by atomic mass is 19.1. The summed E-state index contributed by atoms with van der Waals surface area (Å²) in [7, 11) is 0. The summed E-state index contributed by atoms with van der Waals surface area (Å²) >= 11 is 0. The number of amides is 1. The van der Waals surface area contributed by atoms with E-state index in [4.69, 9.17) is 9.26 Å². The molecule has 1 amide bonds. The van der Waals surface area contributed by atoms with Crippen LogP contribution in [0.25, 0.3) is 5.82 Å². The molecule has 0 saturated carbocycles. The van der Waals surface area contributed by atoms with Crippen LogP contribution in [0.5, 0.6) is 5.75 Å². The molecular weight excluding hydrogens is 351 g/mol. The summed E-state index contributed by atoms with van der Waals surface area (Å²) in [5.74, 6) is 0.813. The Hall–Kier alpha value is -3.42.